The molecule has 0 unspecified atom stereocenters. The van der Waals surface area contributed by atoms with Crippen molar-refractivity contribution in [1.82, 2.24) is 4.72 Å². The molecule has 6 nitrogen and oxygen atoms in total. The summed E-state index contributed by atoms with van der Waals surface area (Å²) < 4.78 is 31.3. The zero-order valence-electron chi connectivity index (χ0n) is 13.7. The maximum atomic E-state index is 12.4. The molecule has 0 aliphatic carbocycles. The summed E-state index contributed by atoms with van der Waals surface area (Å²) in [6, 6.07) is 7.43. The first-order chi connectivity index (χ1) is 11.7. The van der Waals surface area contributed by atoms with Crippen molar-refractivity contribution in [3.8, 4) is 5.75 Å². The molecule has 0 spiro atoms. The first-order valence-electron chi connectivity index (χ1n) is 7.08. The van der Waals surface area contributed by atoms with Gasteiger partial charge in [0.1, 0.15) is 0 Å². The number of halogens is 2. The van der Waals surface area contributed by atoms with E-state index in [9.17, 15) is 13.2 Å². The van der Waals surface area contributed by atoms with E-state index < -0.39 is 15.9 Å². The number of amides is 1. The highest BCUT2D eigenvalue weighted by Crippen LogP contribution is 2.34. The lowest BCUT2D eigenvalue weighted by molar-refractivity contribution is 0.102. The Bertz CT molecular complexity index is 907. The Morgan fingerprint density at radius 1 is 1.12 bits per heavy atom. The topological polar surface area (TPSA) is 84.5 Å². The standard InChI is InChI=1S/C16H16Cl2N2O4S/c1-9-4-5-11(8-14(9)25(22,23)19-2)20-16(21)10-6-12(17)15(24-3)13(18)7-10/h4-8,19H,1-3H3,(H,20,21). The minimum atomic E-state index is -3.63. The molecule has 2 N–H and O–H groups in total. The Morgan fingerprint density at radius 2 is 1.72 bits per heavy atom. The molecule has 0 saturated carbocycles. The summed E-state index contributed by atoms with van der Waals surface area (Å²) in [6.07, 6.45) is 0. The normalized spacial score (nSPS) is 11.2. The number of hydrogen-bond acceptors (Lipinski definition) is 4. The van der Waals surface area contributed by atoms with Gasteiger partial charge >= 0.3 is 0 Å². The maximum absolute atomic E-state index is 12.4. The quantitative estimate of drug-likeness (QED) is 0.801. The van der Waals surface area contributed by atoms with Crippen LogP contribution in [-0.4, -0.2) is 28.5 Å². The summed E-state index contributed by atoms with van der Waals surface area (Å²) in [5.41, 5.74) is 1.10. The third-order valence-corrected chi connectivity index (χ3v) is 5.59. The highest BCUT2D eigenvalue weighted by molar-refractivity contribution is 7.89. The highest BCUT2D eigenvalue weighted by atomic mass is 35.5. The van der Waals surface area contributed by atoms with E-state index in [4.69, 9.17) is 27.9 Å². The van der Waals surface area contributed by atoms with Crippen LogP contribution in [0.5, 0.6) is 5.75 Å². The van der Waals surface area contributed by atoms with Crippen molar-refractivity contribution in [3.05, 3.63) is 51.5 Å². The Balaban J connectivity index is 2.35. The zero-order chi connectivity index (χ0) is 18.8. The molecule has 0 aromatic heterocycles. The summed E-state index contributed by atoms with van der Waals surface area (Å²) >= 11 is 12.1. The summed E-state index contributed by atoms with van der Waals surface area (Å²) in [6.45, 7) is 1.67. The molecule has 1 amide bonds. The molecule has 0 aliphatic rings. The van der Waals surface area contributed by atoms with E-state index in [0.717, 1.165) is 0 Å². The summed E-state index contributed by atoms with van der Waals surface area (Å²) in [5, 5.41) is 3.02. The van der Waals surface area contributed by atoms with E-state index in [2.05, 4.69) is 10.0 Å². The molecule has 0 radical (unpaired) electrons. The van der Waals surface area contributed by atoms with Crippen molar-refractivity contribution >= 4 is 44.8 Å². The fourth-order valence-electron chi connectivity index (χ4n) is 2.17. The van der Waals surface area contributed by atoms with Crippen LogP contribution in [-0.2, 0) is 10.0 Å². The summed E-state index contributed by atoms with van der Waals surface area (Å²) in [5.74, 6) is -0.208. The average Bonchev–Trinajstić information content (AvgIpc) is 2.56. The number of carbonyl (C=O) groups is 1. The average molecular weight is 403 g/mol. The third-order valence-electron chi connectivity index (χ3n) is 3.47. The van der Waals surface area contributed by atoms with E-state index in [0.29, 0.717) is 11.3 Å². The Kier molecular flexibility index (Phi) is 5.95. The zero-order valence-corrected chi connectivity index (χ0v) is 16.0. The predicted molar refractivity (Wildman–Crippen MR) is 98.4 cm³/mol. The van der Waals surface area contributed by atoms with Crippen LogP contribution >= 0.6 is 23.2 Å². The van der Waals surface area contributed by atoms with Crippen LogP contribution < -0.4 is 14.8 Å². The van der Waals surface area contributed by atoms with Gasteiger partial charge in [-0.05, 0) is 43.8 Å². The van der Waals surface area contributed by atoms with Crippen molar-refractivity contribution < 1.29 is 17.9 Å². The summed E-state index contributed by atoms with van der Waals surface area (Å²) in [4.78, 5) is 12.5. The molecule has 0 saturated heterocycles. The van der Waals surface area contributed by atoms with Crippen LogP contribution in [0, 0.1) is 6.92 Å². The Labute approximate surface area is 156 Å². The number of aryl methyl sites for hydroxylation is 1. The van der Waals surface area contributed by atoms with Crippen molar-refractivity contribution in [1.29, 1.82) is 0 Å². The molecule has 134 valence electrons. The number of anilines is 1. The second kappa shape index (κ2) is 7.61. The minimum Gasteiger partial charge on any atom is -0.494 e. The molecule has 25 heavy (non-hydrogen) atoms. The van der Waals surface area contributed by atoms with Gasteiger partial charge in [0.2, 0.25) is 10.0 Å². The SMILES string of the molecule is CNS(=O)(=O)c1cc(NC(=O)c2cc(Cl)c(OC)c(Cl)c2)ccc1C. The minimum absolute atomic E-state index is 0.0820. The van der Waals surface area contributed by atoms with Gasteiger partial charge in [0.15, 0.2) is 5.75 Å². The fourth-order valence-corrected chi connectivity index (χ4v) is 3.80. The maximum Gasteiger partial charge on any atom is 0.255 e. The molecule has 0 heterocycles. The second-order valence-electron chi connectivity index (χ2n) is 5.12. The first-order valence-corrected chi connectivity index (χ1v) is 9.32. The van der Waals surface area contributed by atoms with Crippen LogP contribution in [0.3, 0.4) is 0 Å². The lowest BCUT2D eigenvalue weighted by Gasteiger charge is -2.12. The fraction of sp³-hybridized carbons (Fsp3) is 0.188. The molecule has 0 atom stereocenters. The molecule has 0 bridgehead atoms. The number of nitrogens with one attached hydrogen (secondary N) is 2. The Hall–Kier alpha value is -1.80. The molecule has 2 rings (SSSR count). The van der Waals surface area contributed by atoms with Crippen molar-refractivity contribution in [2.75, 3.05) is 19.5 Å². The smallest absolute Gasteiger partial charge is 0.255 e. The molecule has 0 fully saturated rings. The van der Waals surface area contributed by atoms with Crippen molar-refractivity contribution in [2.45, 2.75) is 11.8 Å². The molecule has 0 aliphatic heterocycles. The van der Waals surface area contributed by atoms with E-state index in [1.54, 1.807) is 19.1 Å². The molecular formula is C16H16Cl2N2O4S. The van der Waals surface area contributed by atoms with E-state index in [1.165, 1.54) is 32.4 Å². The molecule has 9 heteroatoms. The van der Waals surface area contributed by atoms with Crippen LogP contribution in [0.2, 0.25) is 10.0 Å². The second-order valence-corrected chi connectivity index (χ2v) is 7.78. The van der Waals surface area contributed by atoms with Crippen LogP contribution in [0.4, 0.5) is 5.69 Å². The number of sulfonamides is 1. The van der Waals surface area contributed by atoms with Gasteiger partial charge in [0.05, 0.1) is 22.1 Å². The highest BCUT2D eigenvalue weighted by Gasteiger charge is 2.17. The third kappa shape index (κ3) is 4.24. The van der Waals surface area contributed by atoms with Gasteiger partial charge in [-0.25, -0.2) is 13.1 Å². The van der Waals surface area contributed by atoms with Gasteiger partial charge in [0, 0.05) is 11.3 Å². The largest absolute Gasteiger partial charge is 0.494 e. The van der Waals surface area contributed by atoms with Gasteiger partial charge in [-0.3, -0.25) is 4.79 Å². The number of methoxy groups -OCH3 is 1. The van der Waals surface area contributed by atoms with E-state index in [-0.39, 0.29) is 26.3 Å². The monoisotopic (exact) mass is 402 g/mol. The van der Waals surface area contributed by atoms with Crippen LogP contribution in [0.1, 0.15) is 15.9 Å². The first kappa shape index (κ1) is 19.5. The van der Waals surface area contributed by atoms with Crippen LogP contribution in [0.25, 0.3) is 0 Å². The number of hydrogen-bond donors (Lipinski definition) is 2. The summed E-state index contributed by atoms with van der Waals surface area (Å²) in [7, 11) is -0.894. The number of rotatable bonds is 5. The number of carbonyl (C=O) groups excluding carboxylic acids is 1. The molecule has 2 aromatic rings. The van der Waals surface area contributed by atoms with Crippen molar-refractivity contribution in [3.63, 3.8) is 0 Å². The van der Waals surface area contributed by atoms with Gasteiger partial charge in [-0.1, -0.05) is 29.3 Å². The van der Waals surface area contributed by atoms with Gasteiger partial charge < -0.3 is 10.1 Å². The van der Waals surface area contributed by atoms with Gasteiger partial charge in [-0.2, -0.15) is 0 Å². The number of benzene rings is 2. The lowest BCUT2D eigenvalue weighted by Crippen LogP contribution is -2.20. The van der Waals surface area contributed by atoms with E-state index in [1.807, 2.05) is 0 Å². The molecular weight excluding hydrogens is 387 g/mol. The van der Waals surface area contributed by atoms with Gasteiger partial charge in [-0.15, -0.1) is 0 Å². The molecule has 2 aromatic carbocycles. The van der Waals surface area contributed by atoms with Crippen LogP contribution in [0.15, 0.2) is 35.2 Å². The number of ether oxygens (including phenoxy) is 1. The Morgan fingerprint density at radius 3 is 2.24 bits per heavy atom. The van der Waals surface area contributed by atoms with Gasteiger partial charge in [0.25, 0.3) is 5.91 Å². The van der Waals surface area contributed by atoms with E-state index >= 15 is 0 Å². The lowest BCUT2D eigenvalue weighted by atomic mass is 10.2. The van der Waals surface area contributed by atoms with Crippen molar-refractivity contribution in [2.24, 2.45) is 0 Å². The predicted octanol–water partition coefficient (Wildman–Crippen LogP) is 3.47.